The Morgan fingerprint density at radius 3 is 2.38 bits per heavy atom. The number of carbonyl (C=O) groups excluding carboxylic acids is 1. The minimum absolute atomic E-state index is 0.228. The number of carbonyl (C=O) groups is 1. The smallest absolute Gasteiger partial charge is 0.291 e. The zero-order chi connectivity index (χ0) is 18.4. The lowest BCUT2D eigenvalue weighted by Crippen LogP contribution is -2.10. The van der Waals surface area contributed by atoms with Gasteiger partial charge in [-0.2, -0.15) is 0 Å². The number of benzene rings is 2. The molecule has 0 fully saturated rings. The number of hydrogen-bond donors (Lipinski definition) is 1. The van der Waals surface area contributed by atoms with E-state index >= 15 is 0 Å². The van der Waals surface area contributed by atoms with E-state index in [0.717, 1.165) is 0 Å². The third-order valence-corrected chi connectivity index (χ3v) is 3.58. The van der Waals surface area contributed by atoms with Crippen molar-refractivity contribution in [1.82, 2.24) is 0 Å². The van der Waals surface area contributed by atoms with Crippen molar-refractivity contribution < 1.29 is 23.4 Å². The number of para-hydroxylation sites is 2. The zero-order valence-corrected chi connectivity index (χ0v) is 14.5. The molecule has 26 heavy (non-hydrogen) atoms. The normalized spacial score (nSPS) is 10.4. The van der Waals surface area contributed by atoms with Gasteiger partial charge in [0, 0.05) is 12.8 Å². The van der Waals surface area contributed by atoms with Crippen molar-refractivity contribution in [3.05, 3.63) is 72.2 Å². The molecule has 1 heterocycles. The first-order valence-corrected chi connectivity index (χ1v) is 7.99. The fourth-order valence-corrected chi connectivity index (χ4v) is 2.35. The lowest BCUT2D eigenvalue weighted by molar-refractivity contribution is 0.0987. The molecule has 0 unspecified atom stereocenters. The first-order valence-electron chi connectivity index (χ1n) is 7.99. The molecule has 0 aliphatic heterocycles. The maximum absolute atomic E-state index is 12.2. The molecule has 1 amide bonds. The summed E-state index contributed by atoms with van der Waals surface area (Å²) in [6, 6.07) is 17.7. The molecule has 0 bridgehead atoms. The van der Waals surface area contributed by atoms with Gasteiger partial charge in [0.15, 0.2) is 17.3 Å². The number of hydrogen-bond acceptors (Lipinski definition) is 5. The third-order valence-electron chi connectivity index (χ3n) is 3.58. The Kier molecular flexibility index (Phi) is 5.56. The molecule has 0 atom stereocenters. The van der Waals surface area contributed by atoms with Crippen LogP contribution in [0.25, 0.3) is 0 Å². The molecule has 6 heteroatoms. The monoisotopic (exact) mass is 353 g/mol. The summed E-state index contributed by atoms with van der Waals surface area (Å²) in [5.74, 6) is 2.39. The largest absolute Gasteiger partial charge is 0.493 e. The maximum Gasteiger partial charge on any atom is 0.291 e. The van der Waals surface area contributed by atoms with Crippen LogP contribution in [0.3, 0.4) is 0 Å². The van der Waals surface area contributed by atoms with E-state index in [1.54, 1.807) is 50.6 Å². The topological polar surface area (TPSA) is 69.9 Å². The SMILES string of the molecule is COCc1ccc(C(=O)Nc2ccc(Oc3ccccc3OC)cc2)o1. The second-order valence-corrected chi connectivity index (χ2v) is 5.43. The summed E-state index contributed by atoms with van der Waals surface area (Å²) in [5, 5.41) is 2.77. The Morgan fingerprint density at radius 2 is 1.69 bits per heavy atom. The van der Waals surface area contributed by atoms with E-state index in [-0.39, 0.29) is 11.7 Å². The summed E-state index contributed by atoms with van der Waals surface area (Å²) in [7, 11) is 3.16. The van der Waals surface area contributed by atoms with Gasteiger partial charge in [0.1, 0.15) is 18.1 Å². The highest BCUT2D eigenvalue weighted by molar-refractivity contribution is 6.02. The van der Waals surface area contributed by atoms with Crippen LogP contribution in [0.1, 0.15) is 16.3 Å². The molecule has 3 aromatic rings. The van der Waals surface area contributed by atoms with Crippen LogP contribution in [-0.2, 0) is 11.3 Å². The van der Waals surface area contributed by atoms with Gasteiger partial charge in [-0.15, -0.1) is 0 Å². The van der Waals surface area contributed by atoms with Gasteiger partial charge in [-0.25, -0.2) is 0 Å². The van der Waals surface area contributed by atoms with Gasteiger partial charge in [-0.3, -0.25) is 4.79 Å². The van der Waals surface area contributed by atoms with Crippen molar-refractivity contribution in [3.63, 3.8) is 0 Å². The summed E-state index contributed by atoms with van der Waals surface area (Å²) in [4.78, 5) is 12.2. The lowest BCUT2D eigenvalue weighted by atomic mass is 10.3. The Bertz CT molecular complexity index is 870. The summed E-state index contributed by atoms with van der Waals surface area (Å²) < 4.78 is 21.4. The van der Waals surface area contributed by atoms with E-state index in [4.69, 9.17) is 18.6 Å². The molecule has 0 saturated carbocycles. The van der Waals surface area contributed by atoms with Crippen molar-refractivity contribution in [1.29, 1.82) is 0 Å². The fraction of sp³-hybridized carbons (Fsp3) is 0.150. The highest BCUT2D eigenvalue weighted by Gasteiger charge is 2.12. The summed E-state index contributed by atoms with van der Waals surface area (Å²) in [5.41, 5.74) is 0.632. The molecule has 134 valence electrons. The fourth-order valence-electron chi connectivity index (χ4n) is 2.35. The quantitative estimate of drug-likeness (QED) is 0.678. The van der Waals surface area contributed by atoms with Gasteiger partial charge in [-0.1, -0.05) is 12.1 Å². The molecule has 1 N–H and O–H groups in total. The average Bonchev–Trinajstić information content (AvgIpc) is 3.13. The molecule has 2 aromatic carbocycles. The van der Waals surface area contributed by atoms with Crippen LogP contribution in [0.4, 0.5) is 5.69 Å². The molecule has 0 radical (unpaired) electrons. The van der Waals surface area contributed by atoms with E-state index in [2.05, 4.69) is 5.32 Å². The van der Waals surface area contributed by atoms with Crippen LogP contribution in [0.5, 0.6) is 17.2 Å². The number of rotatable bonds is 7. The van der Waals surface area contributed by atoms with E-state index in [9.17, 15) is 4.79 Å². The number of ether oxygens (including phenoxy) is 3. The predicted octanol–water partition coefficient (Wildman–Crippen LogP) is 4.48. The van der Waals surface area contributed by atoms with Crippen LogP contribution in [0.2, 0.25) is 0 Å². The third kappa shape index (κ3) is 4.23. The van der Waals surface area contributed by atoms with Gasteiger partial charge in [-0.05, 0) is 48.5 Å². The van der Waals surface area contributed by atoms with E-state index in [1.165, 1.54) is 0 Å². The Hall–Kier alpha value is -3.25. The Labute approximate surface area is 151 Å². The second-order valence-electron chi connectivity index (χ2n) is 5.43. The summed E-state index contributed by atoms with van der Waals surface area (Å²) in [6.07, 6.45) is 0. The van der Waals surface area contributed by atoms with Gasteiger partial charge >= 0.3 is 0 Å². The number of anilines is 1. The van der Waals surface area contributed by atoms with Crippen molar-refractivity contribution >= 4 is 11.6 Å². The average molecular weight is 353 g/mol. The standard InChI is InChI=1S/C20H19NO5/c1-23-13-16-11-12-19(26-16)20(22)21-14-7-9-15(10-8-14)25-18-6-4-3-5-17(18)24-2/h3-12H,13H2,1-2H3,(H,21,22). The number of methoxy groups -OCH3 is 2. The number of amides is 1. The first kappa shape index (κ1) is 17.6. The number of nitrogens with one attached hydrogen (secondary N) is 1. The molecular formula is C20H19NO5. The summed E-state index contributed by atoms with van der Waals surface area (Å²) in [6.45, 7) is 0.322. The first-order chi connectivity index (χ1) is 12.7. The van der Waals surface area contributed by atoms with Crippen LogP contribution in [-0.4, -0.2) is 20.1 Å². The number of furan rings is 1. The van der Waals surface area contributed by atoms with Crippen molar-refractivity contribution in [3.8, 4) is 17.2 Å². The van der Waals surface area contributed by atoms with Crippen molar-refractivity contribution in [2.24, 2.45) is 0 Å². The maximum atomic E-state index is 12.2. The van der Waals surface area contributed by atoms with Gasteiger partial charge < -0.3 is 23.9 Å². The molecule has 0 aliphatic carbocycles. The molecular weight excluding hydrogens is 334 g/mol. The summed E-state index contributed by atoms with van der Waals surface area (Å²) >= 11 is 0. The highest BCUT2D eigenvalue weighted by Crippen LogP contribution is 2.31. The van der Waals surface area contributed by atoms with E-state index in [0.29, 0.717) is 35.3 Å². The van der Waals surface area contributed by atoms with Crippen molar-refractivity contribution in [2.75, 3.05) is 19.5 Å². The Balaban J connectivity index is 1.64. The van der Waals surface area contributed by atoms with E-state index in [1.807, 2.05) is 24.3 Å². The lowest BCUT2D eigenvalue weighted by Gasteiger charge is -2.10. The second kappa shape index (κ2) is 8.22. The highest BCUT2D eigenvalue weighted by atomic mass is 16.5. The van der Waals surface area contributed by atoms with Crippen LogP contribution < -0.4 is 14.8 Å². The van der Waals surface area contributed by atoms with Crippen LogP contribution >= 0.6 is 0 Å². The molecule has 3 rings (SSSR count). The van der Waals surface area contributed by atoms with Crippen LogP contribution in [0.15, 0.2) is 65.1 Å². The molecule has 0 aliphatic rings. The van der Waals surface area contributed by atoms with E-state index < -0.39 is 0 Å². The minimum Gasteiger partial charge on any atom is -0.493 e. The predicted molar refractivity (Wildman–Crippen MR) is 96.9 cm³/mol. The molecule has 1 aromatic heterocycles. The molecule has 0 saturated heterocycles. The van der Waals surface area contributed by atoms with Crippen LogP contribution in [0, 0.1) is 0 Å². The Morgan fingerprint density at radius 1 is 0.962 bits per heavy atom. The van der Waals surface area contributed by atoms with Gasteiger partial charge in [0.25, 0.3) is 5.91 Å². The minimum atomic E-state index is -0.328. The molecule has 0 spiro atoms. The zero-order valence-electron chi connectivity index (χ0n) is 14.5. The van der Waals surface area contributed by atoms with Crippen molar-refractivity contribution in [2.45, 2.75) is 6.61 Å². The molecule has 6 nitrogen and oxygen atoms in total. The van der Waals surface area contributed by atoms with Gasteiger partial charge in [0.2, 0.25) is 0 Å². The van der Waals surface area contributed by atoms with Gasteiger partial charge in [0.05, 0.1) is 7.11 Å².